The molecule has 1 aliphatic rings. The minimum absolute atomic E-state index is 0. The molecule has 1 aromatic rings. The fraction of sp³-hybridized carbons (Fsp3) is 0.692. The van der Waals surface area contributed by atoms with Crippen molar-refractivity contribution < 1.29 is 8.42 Å². The van der Waals surface area contributed by atoms with Crippen molar-refractivity contribution in [2.24, 2.45) is 11.7 Å². The third-order valence-corrected chi connectivity index (χ3v) is 6.63. The molecule has 1 unspecified atom stereocenters. The molecule has 0 aliphatic carbocycles. The highest BCUT2D eigenvalue weighted by Gasteiger charge is 2.28. The highest BCUT2D eigenvalue weighted by Crippen LogP contribution is 2.22. The Morgan fingerprint density at radius 1 is 1.45 bits per heavy atom. The Balaban J connectivity index is 0.00000200. The van der Waals surface area contributed by atoms with E-state index in [0.29, 0.717) is 25.4 Å². The first-order valence-corrected chi connectivity index (χ1v) is 9.24. The third-order valence-electron chi connectivity index (χ3n) is 3.82. The molecule has 0 spiro atoms. The molecule has 0 radical (unpaired) electrons. The lowest BCUT2D eigenvalue weighted by molar-refractivity contribution is 0.251. The highest BCUT2D eigenvalue weighted by molar-refractivity contribution is 7.89. The van der Waals surface area contributed by atoms with Gasteiger partial charge in [0.2, 0.25) is 10.0 Å². The fourth-order valence-corrected chi connectivity index (χ4v) is 4.83. The molecule has 1 fully saturated rings. The Bertz CT molecular complexity index is 480. The van der Waals surface area contributed by atoms with E-state index in [4.69, 9.17) is 5.73 Å². The summed E-state index contributed by atoms with van der Waals surface area (Å²) in [5.41, 5.74) is 5.88. The first kappa shape index (κ1) is 17.9. The topological polar surface area (TPSA) is 63.4 Å². The van der Waals surface area contributed by atoms with Crippen molar-refractivity contribution in [3.05, 3.63) is 22.4 Å². The van der Waals surface area contributed by atoms with Crippen molar-refractivity contribution in [2.45, 2.75) is 32.2 Å². The van der Waals surface area contributed by atoms with Gasteiger partial charge < -0.3 is 5.73 Å². The van der Waals surface area contributed by atoms with Gasteiger partial charge in [-0.05, 0) is 43.6 Å². The van der Waals surface area contributed by atoms with Gasteiger partial charge in [-0.2, -0.15) is 0 Å². The number of sulfonamides is 1. The van der Waals surface area contributed by atoms with Gasteiger partial charge >= 0.3 is 0 Å². The van der Waals surface area contributed by atoms with Crippen LogP contribution in [0.4, 0.5) is 0 Å². The lowest BCUT2D eigenvalue weighted by Crippen LogP contribution is -2.43. The van der Waals surface area contributed by atoms with E-state index in [9.17, 15) is 8.42 Å². The molecule has 1 aromatic heterocycles. The summed E-state index contributed by atoms with van der Waals surface area (Å²) in [6.45, 7) is 3.25. The van der Waals surface area contributed by atoms with Crippen molar-refractivity contribution in [2.75, 3.05) is 18.8 Å². The maximum Gasteiger partial charge on any atom is 0.214 e. The van der Waals surface area contributed by atoms with E-state index in [1.807, 2.05) is 24.4 Å². The van der Waals surface area contributed by atoms with Crippen LogP contribution in [0, 0.1) is 5.92 Å². The first-order chi connectivity index (χ1) is 8.99. The van der Waals surface area contributed by atoms with Crippen LogP contribution in [-0.2, 0) is 16.4 Å². The molecule has 2 rings (SSSR count). The molecule has 7 heteroatoms. The number of aryl methyl sites for hydroxylation is 1. The van der Waals surface area contributed by atoms with Crippen LogP contribution in [0.3, 0.4) is 0 Å². The summed E-state index contributed by atoms with van der Waals surface area (Å²) >= 11 is 1.62. The lowest BCUT2D eigenvalue weighted by Gasteiger charge is -2.32. The van der Waals surface area contributed by atoms with E-state index >= 15 is 0 Å². The molecule has 1 atom stereocenters. The summed E-state index contributed by atoms with van der Waals surface area (Å²) in [6, 6.07) is 4.11. The van der Waals surface area contributed by atoms with Crippen LogP contribution in [0.25, 0.3) is 0 Å². The van der Waals surface area contributed by atoms with Gasteiger partial charge in [-0.1, -0.05) is 6.07 Å². The van der Waals surface area contributed by atoms with E-state index in [2.05, 4.69) is 0 Å². The monoisotopic (exact) mass is 338 g/mol. The van der Waals surface area contributed by atoms with Crippen LogP contribution in [0.1, 0.15) is 24.6 Å². The molecule has 0 bridgehead atoms. The summed E-state index contributed by atoms with van der Waals surface area (Å²) < 4.78 is 26.2. The minimum Gasteiger partial charge on any atom is -0.328 e. The van der Waals surface area contributed by atoms with Gasteiger partial charge in [-0.15, -0.1) is 23.7 Å². The summed E-state index contributed by atoms with van der Waals surface area (Å²) in [7, 11) is -3.11. The standard InChI is InChI=1S/C13H22N2O2S2.ClH/c1-11(14)12-4-7-15(8-5-12)19(16,17)10-6-13-3-2-9-18-13;/h2-3,9,11-12H,4-8,10,14H2,1H3;1H. The van der Waals surface area contributed by atoms with Crippen LogP contribution < -0.4 is 5.73 Å². The van der Waals surface area contributed by atoms with Crippen LogP contribution >= 0.6 is 23.7 Å². The van der Waals surface area contributed by atoms with Gasteiger partial charge in [0.05, 0.1) is 5.75 Å². The van der Waals surface area contributed by atoms with E-state index in [-0.39, 0.29) is 24.2 Å². The Morgan fingerprint density at radius 3 is 2.60 bits per heavy atom. The summed E-state index contributed by atoms with van der Waals surface area (Å²) in [6.07, 6.45) is 2.39. The molecule has 4 nitrogen and oxygen atoms in total. The number of hydrogen-bond acceptors (Lipinski definition) is 4. The number of nitrogens with zero attached hydrogens (tertiary/aromatic N) is 1. The smallest absolute Gasteiger partial charge is 0.214 e. The number of halogens is 1. The SMILES string of the molecule is CC(N)C1CCN(S(=O)(=O)CCc2cccs2)CC1.Cl. The van der Waals surface area contributed by atoms with Gasteiger partial charge in [0.1, 0.15) is 0 Å². The van der Waals surface area contributed by atoms with Crippen LogP contribution in [0.5, 0.6) is 0 Å². The molecule has 1 aliphatic heterocycles. The Labute approximate surface area is 131 Å². The van der Waals surface area contributed by atoms with Gasteiger partial charge in [0.15, 0.2) is 0 Å². The molecule has 2 N–H and O–H groups in total. The predicted octanol–water partition coefficient (Wildman–Crippen LogP) is 2.10. The fourth-order valence-electron chi connectivity index (χ4n) is 2.49. The first-order valence-electron chi connectivity index (χ1n) is 6.75. The van der Waals surface area contributed by atoms with Crippen molar-refractivity contribution >= 4 is 33.8 Å². The van der Waals surface area contributed by atoms with Crippen molar-refractivity contribution in [3.8, 4) is 0 Å². The summed E-state index contributed by atoms with van der Waals surface area (Å²) in [4.78, 5) is 1.13. The van der Waals surface area contributed by atoms with Crippen LogP contribution in [0.2, 0.25) is 0 Å². The lowest BCUT2D eigenvalue weighted by atomic mass is 9.92. The average molecular weight is 339 g/mol. The van der Waals surface area contributed by atoms with Crippen molar-refractivity contribution in [1.82, 2.24) is 4.31 Å². The number of hydrogen-bond donors (Lipinski definition) is 1. The van der Waals surface area contributed by atoms with E-state index in [1.165, 1.54) is 0 Å². The zero-order valence-electron chi connectivity index (χ0n) is 11.7. The van der Waals surface area contributed by atoms with Gasteiger partial charge in [0, 0.05) is 24.0 Å². The van der Waals surface area contributed by atoms with Crippen molar-refractivity contribution in [3.63, 3.8) is 0 Å². The molecular formula is C13H23ClN2O2S2. The van der Waals surface area contributed by atoms with Crippen LogP contribution in [-0.4, -0.2) is 37.6 Å². The Morgan fingerprint density at radius 2 is 2.10 bits per heavy atom. The highest BCUT2D eigenvalue weighted by atomic mass is 35.5. The summed E-state index contributed by atoms with van der Waals surface area (Å²) in [5, 5.41) is 1.98. The Hall–Kier alpha value is -0.140. The summed E-state index contributed by atoms with van der Waals surface area (Å²) in [5.74, 6) is 0.680. The molecule has 0 saturated carbocycles. The van der Waals surface area contributed by atoms with Crippen LogP contribution in [0.15, 0.2) is 17.5 Å². The number of piperidine rings is 1. The molecule has 0 amide bonds. The molecule has 1 saturated heterocycles. The van der Waals surface area contributed by atoms with Gasteiger partial charge in [-0.25, -0.2) is 12.7 Å². The second-order valence-electron chi connectivity index (χ2n) is 5.24. The molecular weight excluding hydrogens is 316 g/mol. The van der Waals surface area contributed by atoms with Gasteiger partial charge in [0.25, 0.3) is 0 Å². The molecule has 20 heavy (non-hydrogen) atoms. The van der Waals surface area contributed by atoms with E-state index in [1.54, 1.807) is 15.6 Å². The number of rotatable bonds is 5. The average Bonchev–Trinajstić information content (AvgIpc) is 2.90. The van der Waals surface area contributed by atoms with E-state index in [0.717, 1.165) is 17.7 Å². The number of thiophene rings is 1. The molecule has 2 heterocycles. The quantitative estimate of drug-likeness (QED) is 0.894. The van der Waals surface area contributed by atoms with Crippen molar-refractivity contribution in [1.29, 1.82) is 0 Å². The third kappa shape index (κ3) is 4.70. The maximum absolute atomic E-state index is 12.3. The normalized spacial score (nSPS) is 19.5. The second-order valence-corrected chi connectivity index (χ2v) is 8.36. The molecule has 116 valence electrons. The minimum atomic E-state index is -3.11. The maximum atomic E-state index is 12.3. The zero-order chi connectivity index (χ0) is 13.9. The Kier molecular flexibility index (Phi) is 6.94. The second kappa shape index (κ2) is 7.75. The van der Waals surface area contributed by atoms with E-state index < -0.39 is 10.0 Å². The zero-order valence-corrected chi connectivity index (χ0v) is 14.1. The predicted molar refractivity (Wildman–Crippen MR) is 87.0 cm³/mol. The van der Waals surface area contributed by atoms with Gasteiger partial charge in [-0.3, -0.25) is 0 Å². The largest absolute Gasteiger partial charge is 0.328 e. The molecule has 0 aromatic carbocycles. The number of nitrogens with two attached hydrogens (primary N) is 1.